The maximum absolute atomic E-state index is 5.15. The van der Waals surface area contributed by atoms with Crippen LogP contribution in [0, 0.1) is 0 Å². The third-order valence-corrected chi connectivity index (χ3v) is 0. The Balaban J connectivity index is -0.0000000267. The molecule has 0 saturated carbocycles. The molecule has 0 aromatic rings. The Kier molecular flexibility index (Phi) is 31.7. The summed E-state index contributed by atoms with van der Waals surface area (Å²) < 4.78 is 0. The summed E-state index contributed by atoms with van der Waals surface area (Å²) in [6, 6.07) is 0. The molecule has 0 aliphatic rings. The minimum atomic E-state index is -5.15. The van der Waals surface area contributed by atoms with Crippen molar-refractivity contribution in [1.29, 1.82) is 0 Å². The second-order valence-corrected chi connectivity index (χ2v) is 114. The fraction of sp³-hybridized carbons (Fsp3) is 0. The molecule has 0 amide bonds. The number of hydrogen-bond acceptors (Lipinski definition) is 0. The number of rotatable bonds is 0. The van der Waals surface area contributed by atoms with Gasteiger partial charge in [-0.1, -0.05) is 0 Å². The van der Waals surface area contributed by atoms with E-state index in [9.17, 15) is 0 Å². The molecule has 0 radical (unpaired) electrons. The number of halogens is 18. The molecule has 24 heteroatoms. The molecule has 0 aromatic carbocycles. The normalized spacial score (nSPS) is 16.6. The van der Waals surface area contributed by atoms with Crippen LogP contribution in [0.2, 0.25) is 0 Å². The van der Waals surface area contributed by atoms with Gasteiger partial charge in [0.1, 0.15) is 0 Å². The molecule has 0 heterocycles. The molecule has 0 spiro atoms. The van der Waals surface area contributed by atoms with E-state index < -0.39 is 19.4 Å². The topological polar surface area (TPSA) is 110 Å². The van der Waals surface area contributed by atoms with Crippen molar-refractivity contribution in [3.05, 3.63) is 39.5 Å². The van der Waals surface area contributed by atoms with Crippen LogP contribution in [0.3, 0.4) is 0 Å². The van der Waals surface area contributed by atoms with Crippen molar-refractivity contribution < 1.29 is 19.4 Å². The number of hydrogen-bond donors (Lipinski definition) is 3. The van der Waals surface area contributed by atoms with Crippen LogP contribution in [0.25, 0.3) is 0 Å². The van der Waals surface area contributed by atoms with Gasteiger partial charge in [0.2, 0.25) is 0 Å². The van der Waals surface area contributed by atoms with Gasteiger partial charge < -0.3 is 18.5 Å². The zero-order valence-corrected chi connectivity index (χ0v) is 33.6. The van der Waals surface area contributed by atoms with Crippen molar-refractivity contribution in [3.63, 3.8) is 0 Å². The first-order chi connectivity index (χ1) is 10.3. The summed E-state index contributed by atoms with van der Waals surface area (Å²) in [7, 11) is 90.7. The average molecular weight is 1090 g/mol. The van der Waals surface area contributed by atoms with E-state index in [0.29, 0.717) is 0 Å². The van der Waals surface area contributed by atoms with Crippen molar-refractivity contribution in [3.8, 4) is 0 Å². The third kappa shape index (κ3) is 983. The minimum absolute atomic E-state index is 0. The average Bonchev–Trinajstić information content (AvgIpc) is 2.11. The van der Waals surface area contributed by atoms with Gasteiger partial charge >= 0.3 is 194 Å². The predicted molar refractivity (Wildman–Crippen MR) is 157 cm³/mol. The molecule has 216 valence electrons. The van der Waals surface area contributed by atoms with Crippen LogP contribution in [0.5, 0.6) is 0 Å². The third-order valence-electron chi connectivity index (χ3n) is 0. The van der Waals surface area contributed by atoms with Crippen LogP contribution in [-0.2, 0) is 19.4 Å². The van der Waals surface area contributed by atoms with Crippen molar-refractivity contribution in [2.45, 2.75) is 0 Å². The Morgan fingerprint density at radius 2 is 0.233 bits per heavy atom. The molecule has 0 rings (SSSR count). The molecule has 0 saturated heterocycles. The fourth-order valence-electron chi connectivity index (χ4n) is 0. The molecular formula is C6H24Cl18N3Rh3. The first kappa shape index (κ1) is 60.6. The van der Waals surface area contributed by atoms with Crippen LogP contribution in [0.1, 0.15) is 0 Å². The zero-order valence-electron chi connectivity index (χ0n) is 15.0. The van der Waals surface area contributed by atoms with Crippen molar-refractivity contribution >= 4 is 174 Å². The second kappa shape index (κ2) is 15.7. The molecule has 0 fully saturated rings. The van der Waals surface area contributed by atoms with Gasteiger partial charge in [-0.25, -0.2) is 0 Å². The minimum Gasteiger partial charge on any atom is -0.369 e. The molecule has 3 nitrogen and oxygen atoms in total. The number of quaternary nitrogens is 3. The summed E-state index contributed by atoms with van der Waals surface area (Å²) >= 11 is 0. The van der Waals surface area contributed by atoms with E-state index in [1.165, 1.54) is 0 Å². The van der Waals surface area contributed by atoms with E-state index in [2.05, 4.69) is 39.5 Å². The summed E-state index contributed by atoms with van der Waals surface area (Å²) in [5.74, 6) is 0. The smallest absolute Gasteiger partial charge is 0.369 e. The Hall–Kier alpha value is 6.19. The van der Waals surface area contributed by atoms with Crippen LogP contribution in [-0.4, -0.2) is 0 Å². The molecule has 0 bridgehead atoms. The molecule has 0 aromatic heterocycles. The first-order valence-electron chi connectivity index (χ1n) is 3.77. The van der Waals surface area contributed by atoms with E-state index >= 15 is 0 Å². The van der Waals surface area contributed by atoms with E-state index in [-0.39, 0.29) is 18.5 Å². The Labute approximate surface area is 246 Å². The van der Waals surface area contributed by atoms with Crippen LogP contribution < -0.4 is 18.5 Å². The van der Waals surface area contributed by atoms with Gasteiger partial charge in [0, 0.05) is 0 Å². The Morgan fingerprint density at radius 1 is 0.233 bits per heavy atom. The quantitative estimate of drug-likeness (QED) is 0.159. The van der Waals surface area contributed by atoms with Crippen LogP contribution >= 0.6 is 174 Å². The van der Waals surface area contributed by atoms with E-state index in [1.807, 2.05) is 0 Å². The SMILES string of the molecule is C=C.C=C.C=C.[Cl][Rh-]([Cl])([Cl])([Cl])([Cl])[Cl].[Cl][Rh-]([Cl])([Cl])([Cl])([Cl])[Cl].[Cl][Rh-]([Cl])([Cl])([Cl])([Cl])[Cl].[NH4+].[NH4+].[NH4+]. The second-order valence-electron chi connectivity index (χ2n) is 2.14. The van der Waals surface area contributed by atoms with Gasteiger partial charge in [0.25, 0.3) is 0 Å². The Bertz CT molecular complexity index is 331. The van der Waals surface area contributed by atoms with Crippen molar-refractivity contribution in [1.82, 2.24) is 18.5 Å². The van der Waals surface area contributed by atoms with Gasteiger partial charge in [-0.05, 0) is 0 Å². The molecule has 30 heavy (non-hydrogen) atoms. The molecular weight excluding hydrogens is 1060 g/mol. The largest absolute Gasteiger partial charge is 0.369 e. The molecule has 0 aliphatic carbocycles. The maximum Gasteiger partial charge on any atom is -0.369 e. The summed E-state index contributed by atoms with van der Waals surface area (Å²) in [4.78, 5) is 0. The zero-order chi connectivity index (χ0) is 25.2. The monoisotopic (exact) mass is 1080 g/mol. The summed E-state index contributed by atoms with van der Waals surface area (Å²) in [6.45, 7) is 2.55. The van der Waals surface area contributed by atoms with Gasteiger partial charge in [-0.3, -0.25) is 0 Å². The summed E-state index contributed by atoms with van der Waals surface area (Å²) in [5, 5.41) is 0. The molecule has 0 aliphatic heterocycles. The van der Waals surface area contributed by atoms with E-state index in [0.717, 1.165) is 0 Å². The van der Waals surface area contributed by atoms with Gasteiger partial charge in [-0.2, -0.15) is 0 Å². The van der Waals surface area contributed by atoms with E-state index in [1.54, 1.807) is 0 Å². The molecule has 0 atom stereocenters. The van der Waals surface area contributed by atoms with Crippen molar-refractivity contribution in [2.24, 2.45) is 0 Å². The van der Waals surface area contributed by atoms with Crippen molar-refractivity contribution in [2.75, 3.05) is 0 Å². The summed E-state index contributed by atoms with van der Waals surface area (Å²) in [5.41, 5.74) is 0. The van der Waals surface area contributed by atoms with Crippen LogP contribution in [0.15, 0.2) is 39.5 Å². The van der Waals surface area contributed by atoms with Crippen LogP contribution in [0.4, 0.5) is 0 Å². The van der Waals surface area contributed by atoms with Gasteiger partial charge in [0.05, 0.1) is 0 Å². The molecule has 12 N–H and O–H groups in total. The predicted octanol–water partition coefficient (Wildman–Crippen LogP) is 15.9. The molecule has 0 unspecified atom stereocenters. The standard InChI is InChI=1S/3C2H4.18ClH.3H3N.3Rh/c3*1-2;;;;;;;;;;;;;;;;;;;;;;;;/h3*1-2H2;18*1H;3*1H3;;;/q;;;;;;;;;;;;;;;;;;;;;;;;3*+5/p-15. The summed E-state index contributed by atoms with van der Waals surface area (Å²) in [6.07, 6.45) is 0. The van der Waals surface area contributed by atoms with Gasteiger partial charge in [0.15, 0.2) is 0 Å². The Morgan fingerprint density at radius 3 is 0.233 bits per heavy atom. The first-order valence-corrected chi connectivity index (χ1v) is 41.7. The van der Waals surface area contributed by atoms with E-state index in [4.69, 9.17) is 174 Å². The maximum atomic E-state index is 5.04. The van der Waals surface area contributed by atoms with Gasteiger partial charge in [-0.15, -0.1) is 39.5 Å². The fourth-order valence-corrected chi connectivity index (χ4v) is 0.